The van der Waals surface area contributed by atoms with Gasteiger partial charge in [0.2, 0.25) is 0 Å². The number of unbranched alkanes of at least 4 members (excludes halogenated alkanes) is 7. The summed E-state index contributed by atoms with van der Waals surface area (Å²) < 4.78 is 0. The van der Waals surface area contributed by atoms with Crippen LogP contribution in [-0.2, 0) is 0 Å². The van der Waals surface area contributed by atoms with E-state index >= 15 is 0 Å². The van der Waals surface area contributed by atoms with Gasteiger partial charge in [0.15, 0.2) is 0 Å². The molecule has 0 unspecified atom stereocenters. The molecule has 0 aliphatic carbocycles. The van der Waals surface area contributed by atoms with E-state index in [-0.39, 0.29) is 0 Å². The molecule has 0 fully saturated rings. The molecule has 0 aromatic rings. The second-order valence-corrected chi connectivity index (χ2v) is 4.18. The molecule has 0 aliphatic rings. The van der Waals surface area contributed by atoms with Crippen LogP contribution >= 0.6 is 0 Å². The lowest BCUT2D eigenvalue weighted by molar-refractivity contribution is 0.575. The Morgan fingerprint density at radius 3 is 1.77 bits per heavy atom. The fraction of sp³-hybridized carbons (Fsp3) is 0.846. The Labute approximate surface area is 84.4 Å². The third kappa shape index (κ3) is 11.7. The normalized spacial score (nSPS) is 10.3. The summed E-state index contributed by atoms with van der Waals surface area (Å²) in [7, 11) is 0. The minimum Gasteiger partial charge on any atom is -0.100 e. The van der Waals surface area contributed by atoms with Gasteiger partial charge < -0.3 is 0 Å². The molecule has 0 amide bonds. The maximum absolute atomic E-state index is 3.91. The monoisotopic (exact) mass is 182 g/mol. The van der Waals surface area contributed by atoms with Gasteiger partial charge in [0.1, 0.15) is 0 Å². The topological polar surface area (TPSA) is 0 Å². The molecular weight excluding hydrogens is 156 g/mol. The lowest BCUT2D eigenvalue weighted by atomic mass is 10.1. The van der Waals surface area contributed by atoms with Gasteiger partial charge in [-0.2, -0.15) is 0 Å². The average molecular weight is 182 g/mol. The van der Waals surface area contributed by atoms with Crippen LogP contribution < -0.4 is 0 Å². The van der Waals surface area contributed by atoms with Gasteiger partial charge in [-0.25, -0.2) is 0 Å². The zero-order valence-electron chi connectivity index (χ0n) is 9.57. The van der Waals surface area contributed by atoms with Crippen molar-refractivity contribution < 1.29 is 0 Å². The summed E-state index contributed by atoms with van der Waals surface area (Å²) in [6.45, 7) is 8.31. The van der Waals surface area contributed by atoms with Gasteiger partial charge in [-0.15, -0.1) is 6.58 Å². The smallest absolute Gasteiger partial charge is 0.0326 e. The predicted molar refractivity (Wildman–Crippen MR) is 62.0 cm³/mol. The second kappa shape index (κ2) is 9.83. The molecule has 0 aromatic carbocycles. The highest BCUT2D eigenvalue weighted by atomic mass is 14.0. The third-order valence-corrected chi connectivity index (χ3v) is 2.46. The standard InChI is InChI=1S/C13H26/c1-4-5-6-7-8-9-10-11-12-13(2)3/h2,4-12H2,1,3H3. The Morgan fingerprint density at radius 2 is 1.31 bits per heavy atom. The van der Waals surface area contributed by atoms with Crippen molar-refractivity contribution in [1.82, 2.24) is 0 Å². The van der Waals surface area contributed by atoms with Gasteiger partial charge in [-0.3, -0.25) is 0 Å². The van der Waals surface area contributed by atoms with Crippen LogP contribution in [0.15, 0.2) is 12.2 Å². The molecule has 0 bridgehead atoms. The van der Waals surface area contributed by atoms with Crippen LogP contribution in [0.5, 0.6) is 0 Å². The van der Waals surface area contributed by atoms with E-state index in [1.54, 1.807) is 0 Å². The van der Waals surface area contributed by atoms with E-state index in [4.69, 9.17) is 0 Å². The molecule has 0 N–H and O–H groups in total. The van der Waals surface area contributed by atoms with Crippen LogP contribution in [0.3, 0.4) is 0 Å². The molecule has 0 aromatic heterocycles. The first-order chi connectivity index (χ1) is 6.27. The van der Waals surface area contributed by atoms with Gasteiger partial charge in [0, 0.05) is 0 Å². The second-order valence-electron chi connectivity index (χ2n) is 4.18. The summed E-state index contributed by atoms with van der Waals surface area (Å²) in [6.07, 6.45) is 12.5. The van der Waals surface area contributed by atoms with Gasteiger partial charge in [0.05, 0.1) is 0 Å². The van der Waals surface area contributed by atoms with Gasteiger partial charge in [0.25, 0.3) is 0 Å². The third-order valence-electron chi connectivity index (χ3n) is 2.46. The molecule has 0 saturated carbocycles. The largest absolute Gasteiger partial charge is 0.100 e. The fourth-order valence-corrected chi connectivity index (χ4v) is 1.56. The zero-order valence-corrected chi connectivity index (χ0v) is 9.57. The highest BCUT2D eigenvalue weighted by molar-refractivity contribution is 4.86. The first kappa shape index (κ1) is 12.7. The molecule has 13 heavy (non-hydrogen) atoms. The van der Waals surface area contributed by atoms with Crippen molar-refractivity contribution in [1.29, 1.82) is 0 Å². The highest BCUT2D eigenvalue weighted by Gasteiger charge is 1.91. The molecule has 0 heteroatoms. The Hall–Kier alpha value is -0.260. The molecular formula is C13H26. The van der Waals surface area contributed by atoms with E-state index in [1.165, 1.54) is 63.4 Å². The summed E-state index contributed by atoms with van der Waals surface area (Å²) in [5.41, 5.74) is 1.34. The van der Waals surface area contributed by atoms with E-state index in [0.717, 1.165) is 0 Å². The Morgan fingerprint density at radius 1 is 0.846 bits per heavy atom. The lowest BCUT2D eigenvalue weighted by Gasteiger charge is -2.01. The number of hydrogen-bond acceptors (Lipinski definition) is 0. The predicted octanol–water partition coefficient (Wildman–Crippen LogP) is 5.09. The maximum Gasteiger partial charge on any atom is -0.0326 e. The van der Waals surface area contributed by atoms with E-state index in [9.17, 15) is 0 Å². The first-order valence-electron chi connectivity index (χ1n) is 5.91. The Kier molecular flexibility index (Phi) is 9.63. The van der Waals surface area contributed by atoms with Crippen LogP contribution in [-0.4, -0.2) is 0 Å². The zero-order chi connectivity index (χ0) is 9.94. The summed E-state index contributed by atoms with van der Waals surface area (Å²) in [5, 5.41) is 0. The van der Waals surface area contributed by atoms with Crippen LogP contribution in [0, 0.1) is 0 Å². The molecule has 0 saturated heterocycles. The van der Waals surface area contributed by atoms with Crippen molar-refractivity contribution in [3.05, 3.63) is 12.2 Å². The van der Waals surface area contributed by atoms with E-state index in [2.05, 4.69) is 20.4 Å². The van der Waals surface area contributed by atoms with Crippen LogP contribution in [0.2, 0.25) is 0 Å². The maximum atomic E-state index is 3.91. The van der Waals surface area contributed by atoms with Gasteiger partial charge in [-0.1, -0.05) is 57.4 Å². The molecule has 78 valence electrons. The van der Waals surface area contributed by atoms with Gasteiger partial charge in [-0.05, 0) is 19.8 Å². The molecule has 0 rings (SSSR count). The Balaban J connectivity index is 2.87. The Bertz CT molecular complexity index is 113. The summed E-state index contributed by atoms with van der Waals surface area (Å²) in [5.74, 6) is 0. The minimum absolute atomic E-state index is 1.23. The number of hydrogen-bond donors (Lipinski definition) is 0. The summed E-state index contributed by atoms with van der Waals surface area (Å²) >= 11 is 0. The molecule has 0 aliphatic heterocycles. The van der Waals surface area contributed by atoms with E-state index in [1.807, 2.05) is 0 Å². The van der Waals surface area contributed by atoms with Crippen molar-refractivity contribution in [3.8, 4) is 0 Å². The fourth-order valence-electron chi connectivity index (χ4n) is 1.56. The first-order valence-corrected chi connectivity index (χ1v) is 5.91. The van der Waals surface area contributed by atoms with Crippen molar-refractivity contribution >= 4 is 0 Å². The van der Waals surface area contributed by atoms with Crippen molar-refractivity contribution in [2.75, 3.05) is 0 Å². The SMILES string of the molecule is C=C(C)CCCCCCCCCC. The van der Waals surface area contributed by atoms with E-state index < -0.39 is 0 Å². The number of allylic oxidation sites excluding steroid dienone is 1. The molecule has 0 radical (unpaired) electrons. The van der Waals surface area contributed by atoms with Crippen LogP contribution in [0.25, 0.3) is 0 Å². The summed E-state index contributed by atoms with van der Waals surface area (Å²) in [6, 6.07) is 0. The minimum atomic E-state index is 1.23. The van der Waals surface area contributed by atoms with Crippen molar-refractivity contribution in [2.45, 2.75) is 71.6 Å². The molecule has 0 atom stereocenters. The van der Waals surface area contributed by atoms with Gasteiger partial charge >= 0.3 is 0 Å². The number of rotatable bonds is 9. The average Bonchev–Trinajstić information content (AvgIpc) is 2.09. The molecule has 0 nitrogen and oxygen atoms in total. The quantitative estimate of drug-likeness (QED) is 0.344. The van der Waals surface area contributed by atoms with Crippen LogP contribution in [0.1, 0.15) is 71.6 Å². The van der Waals surface area contributed by atoms with Crippen molar-refractivity contribution in [2.24, 2.45) is 0 Å². The van der Waals surface area contributed by atoms with Crippen LogP contribution in [0.4, 0.5) is 0 Å². The van der Waals surface area contributed by atoms with E-state index in [0.29, 0.717) is 0 Å². The molecule has 0 heterocycles. The molecule has 0 spiro atoms. The summed E-state index contributed by atoms with van der Waals surface area (Å²) in [4.78, 5) is 0. The lowest BCUT2D eigenvalue weighted by Crippen LogP contribution is -1.81. The van der Waals surface area contributed by atoms with Crippen molar-refractivity contribution in [3.63, 3.8) is 0 Å². The highest BCUT2D eigenvalue weighted by Crippen LogP contribution is 2.11.